The van der Waals surface area contributed by atoms with Crippen molar-refractivity contribution in [1.29, 1.82) is 0 Å². The second-order valence-electron chi connectivity index (χ2n) is 8.14. The van der Waals surface area contributed by atoms with Crippen molar-refractivity contribution in [3.05, 3.63) is 77.4 Å². The summed E-state index contributed by atoms with van der Waals surface area (Å²) < 4.78 is 11.6. The van der Waals surface area contributed by atoms with Crippen LogP contribution >= 0.6 is 12.2 Å². The molecule has 0 aliphatic heterocycles. The van der Waals surface area contributed by atoms with E-state index in [0.717, 1.165) is 18.4 Å². The Morgan fingerprint density at radius 3 is 2.71 bits per heavy atom. The molecule has 0 unspecified atom stereocenters. The SMILES string of the molecule is CCCCOc1cccc(C(=O)NC(=S)Nc2ccc3oc(-c4ccc(C)c(C)c4)nc3c2)c1. The second kappa shape index (κ2) is 10.5. The number of aryl methyl sites for hydroxylation is 2. The molecule has 1 heterocycles. The van der Waals surface area contributed by atoms with E-state index < -0.39 is 0 Å². The average Bonchev–Trinajstić information content (AvgIpc) is 3.24. The van der Waals surface area contributed by atoms with E-state index in [2.05, 4.69) is 48.5 Å². The van der Waals surface area contributed by atoms with E-state index >= 15 is 0 Å². The molecular weight excluding hydrogens is 446 g/mol. The molecule has 0 spiro atoms. The minimum Gasteiger partial charge on any atom is -0.494 e. The molecule has 174 valence electrons. The van der Waals surface area contributed by atoms with Crippen LogP contribution in [0.3, 0.4) is 0 Å². The zero-order valence-electron chi connectivity index (χ0n) is 19.5. The number of carbonyl (C=O) groups excluding carboxylic acids is 1. The summed E-state index contributed by atoms with van der Waals surface area (Å²) in [6, 6.07) is 18.7. The van der Waals surface area contributed by atoms with Crippen molar-refractivity contribution in [3.63, 3.8) is 0 Å². The summed E-state index contributed by atoms with van der Waals surface area (Å²) in [4.78, 5) is 17.2. The number of ether oxygens (including phenoxy) is 1. The number of aromatic nitrogens is 1. The number of nitrogens with one attached hydrogen (secondary N) is 2. The maximum absolute atomic E-state index is 12.6. The molecule has 0 aliphatic rings. The van der Waals surface area contributed by atoms with Gasteiger partial charge in [0.15, 0.2) is 10.7 Å². The van der Waals surface area contributed by atoms with Gasteiger partial charge in [0.05, 0.1) is 6.61 Å². The first-order chi connectivity index (χ1) is 16.4. The van der Waals surface area contributed by atoms with Crippen molar-refractivity contribution in [1.82, 2.24) is 10.3 Å². The van der Waals surface area contributed by atoms with Gasteiger partial charge in [-0.25, -0.2) is 4.98 Å². The predicted octanol–water partition coefficient (Wildman–Crippen LogP) is 6.42. The fourth-order valence-electron chi connectivity index (χ4n) is 3.40. The van der Waals surface area contributed by atoms with Crippen LogP contribution in [0.5, 0.6) is 5.75 Å². The molecule has 0 atom stereocenters. The lowest BCUT2D eigenvalue weighted by atomic mass is 10.1. The molecule has 1 aromatic heterocycles. The predicted molar refractivity (Wildman–Crippen MR) is 139 cm³/mol. The van der Waals surface area contributed by atoms with Crippen LogP contribution in [-0.2, 0) is 0 Å². The van der Waals surface area contributed by atoms with Gasteiger partial charge < -0.3 is 14.5 Å². The maximum atomic E-state index is 12.6. The van der Waals surface area contributed by atoms with E-state index in [0.29, 0.717) is 40.6 Å². The number of carbonyl (C=O) groups is 1. The minimum absolute atomic E-state index is 0.194. The van der Waals surface area contributed by atoms with Crippen LogP contribution in [0.2, 0.25) is 0 Å². The van der Waals surface area contributed by atoms with Crippen molar-refractivity contribution in [3.8, 4) is 17.2 Å². The summed E-state index contributed by atoms with van der Waals surface area (Å²) in [5, 5.41) is 5.95. The van der Waals surface area contributed by atoms with Crippen LogP contribution in [0.1, 0.15) is 41.3 Å². The van der Waals surface area contributed by atoms with E-state index in [4.69, 9.17) is 21.4 Å². The van der Waals surface area contributed by atoms with Crippen molar-refractivity contribution in [2.24, 2.45) is 0 Å². The van der Waals surface area contributed by atoms with E-state index in [9.17, 15) is 4.79 Å². The number of nitrogens with zero attached hydrogens (tertiary/aromatic N) is 1. The van der Waals surface area contributed by atoms with E-state index in [-0.39, 0.29) is 11.0 Å². The minimum atomic E-state index is -0.307. The quantitative estimate of drug-likeness (QED) is 0.238. The van der Waals surface area contributed by atoms with Gasteiger partial charge in [0.1, 0.15) is 11.3 Å². The average molecular weight is 474 g/mol. The standard InChI is InChI=1S/C27H27N3O3S/c1-4-5-13-32-22-8-6-7-19(15-22)25(31)30-27(34)28-21-11-12-24-23(16-21)29-26(33-24)20-10-9-17(2)18(3)14-20/h6-12,14-16H,4-5,13H2,1-3H3,(H2,28,30,31,34). The molecule has 2 N–H and O–H groups in total. The lowest BCUT2D eigenvalue weighted by molar-refractivity contribution is 0.0977. The van der Waals surface area contributed by atoms with Gasteiger partial charge in [-0.2, -0.15) is 0 Å². The van der Waals surface area contributed by atoms with E-state index in [1.54, 1.807) is 18.2 Å². The highest BCUT2D eigenvalue weighted by atomic mass is 32.1. The Hall–Kier alpha value is -3.71. The Labute approximate surface area is 204 Å². The van der Waals surface area contributed by atoms with Crippen LogP contribution in [0, 0.1) is 13.8 Å². The molecule has 0 radical (unpaired) electrons. The van der Waals surface area contributed by atoms with Crippen molar-refractivity contribution >= 4 is 40.0 Å². The summed E-state index contributed by atoms with van der Waals surface area (Å²) in [6.45, 7) is 6.86. The molecule has 7 heteroatoms. The van der Waals surface area contributed by atoms with Crippen molar-refractivity contribution in [2.45, 2.75) is 33.6 Å². The van der Waals surface area contributed by atoms with Gasteiger partial charge >= 0.3 is 0 Å². The number of rotatable bonds is 7. The number of thiocarbonyl (C=S) groups is 1. The normalized spacial score (nSPS) is 10.8. The van der Waals surface area contributed by atoms with E-state index in [1.807, 2.05) is 30.3 Å². The van der Waals surface area contributed by atoms with Gasteiger partial charge in [0.2, 0.25) is 5.89 Å². The first-order valence-corrected chi connectivity index (χ1v) is 11.7. The number of amides is 1. The number of fused-ring (bicyclic) bond motifs is 1. The lowest BCUT2D eigenvalue weighted by Crippen LogP contribution is -2.34. The van der Waals surface area contributed by atoms with Gasteiger partial charge in [0, 0.05) is 16.8 Å². The molecule has 0 bridgehead atoms. The molecule has 4 rings (SSSR count). The highest BCUT2D eigenvalue weighted by molar-refractivity contribution is 7.80. The maximum Gasteiger partial charge on any atom is 0.257 e. The Kier molecular flexibility index (Phi) is 7.23. The topological polar surface area (TPSA) is 76.4 Å². The molecular formula is C27H27N3O3S. The van der Waals surface area contributed by atoms with Gasteiger partial charge in [-0.15, -0.1) is 0 Å². The largest absolute Gasteiger partial charge is 0.494 e. The number of oxazole rings is 1. The molecule has 1 amide bonds. The fraction of sp³-hybridized carbons (Fsp3) is 0.222. The summed E-state index contributed by atoms with van der Waals surface area (Å²) in [5.41, 5.74) is 5.88. The monoisotopic (exact) mass is 473 g/mol. The van der Waals surface area contributed by atoms with E-state index in [1.165, 1.54) is 11.1 Å². The van der Waals surface area contributed by atoms with Crippen LogP contribution < -0.4 is 15.4 Å². The third-order valence-corrected chi connectivity index (χ3v) is 5.69. The number of hydrogen-bond acceptors (Lipinski definition) is 5. The summed E-state index contributed by atoms with van der Waals surface area (Å²) >= 11 is 5.34. The third-order valence-electron chi connectivity index (χ3n) is 5.49. The van der Waals surface area contributed by atoms with Gasteiger partial charge in [-0.1, -0.05) is 25.5 Å². The number of hydrogen-bond donors (Lipinski definition) is 2. The lowest BCUT2D eigenvalue weighted by Gasteiger charge is -2.10. The first kappa shape index (κ1) is 23.4. The highest BCUT2D eigenvalue weighted by Crippen LogP contribution is 2.27. The first-order valence-electron chi connectivity index (χ1n) is 11.3. The van der Waals surface area contributed by atoms with Crippen LogP contribution in [-0.4, -0.2) is 22.6 Å². The Morgan fingerprint density at radius 2 is 1.91 bits per heavy atom. The van der Waals surface area contributed by atoms with Gasteiger partial charge in [-0.05, 0) is 92.1 Å². The van der Waals surface area contributed by atoms with Gasteiger partial charge in [-0.3, -0.25) is 10.1 Å². The molecule has 34 heavy (non-hydrogen) atoms. The van der Waals surface area contributed by atoms with Crippen LogP contribution in [0.15, 0.2) is 65.1 Å². The highest BCUT2D eigenvalue weighted by Gasteiger charge is 2.12. The smallest absolute Gasteiger partial charge is 0.257 e. The number of anilines is 1. The zero-order valence-corrected chi connectivity index (χ0v) is 20.3. The van der Waals surface area contributed by atoms with Gasteiger partial charge in [0.25, 0.3) is 5.91 Å². The Balaban J connectivity index is 1.42. The third kappa shape index (κ3) is 5.61. The Morgan fingerprint density at radius 1 is 1.06 bits per heavy atom. The van der Waals surface area contributed by atoms with Crippen molar-refractivity contribution in [2.75, 3.05) is 11.9 Å². The number of unbranched alkanes of at least 4 members (excludes halogenated alkanes) is 1. The molecule has 3 aromatic carbocycles. The molecule has 0 saturated heterocycles. The number of benzene rings is 3. The molecule has 0 saturated carbocycles. The summed E-state index contributed by atoms with van der Waals surface area (Å²) in [5.74, 6) is 0.918. The van der Waals surface area contributed by atoms with Crippen LogP contribution in [0.4, 0.5) is 5.69 Å². The van der Waals surface area contributed by atoms with Crippen molar-refractivity contribution < 1.29 is 13.9 Å². The van der Waals surface area contributed by atoms with Crippen LogP contribution in [0.25, 0.3) is 22.6 Å². The zero-order chi connectivity index (χ0) is 24.1. The summed E-state index contributed by atoms with van der Waals surface area (Å²) in [6.07, 6.45) is 2.01. The fourth-order valence-corrected chi connectivity index (χ4v) is 3.61. The molecule has 4 aromatic rings. The molecule has 0 aliphatic carbocycles. The molecule has 6 nitrogen and oxygen atoms in total. The summed E-state index contributed by atoms with van der Waals surface area (Å²) in [7, 11) is 0. The Bertz CT molecular complexity index is 1350. The second-order valence-corrected chi connectivity index (χ2v) is 8.55. The molecule has 0 fully saturated rings.